The van der Waals surface area contributed by atoms with E-state index in [9.17, 15) is 10.5 Å². The van der Waals surface area contributed by atoms with E-state index in [2.05, 4.69) is 216 Å². The van der Waals surface area contributed by atoms with Gasteiger partial charge < -0.3 is 9.13 Å². The van der Waals surface area contributed by atoms with E-state index in [0.29, 0.717) is 27.9 Å². The Morgan fingerprint density at radius 2 is 0.619 bits per heavy atom. The summed E-state index contributed by atoms with van der Waals surface area (Å²) in [5.74, 6) is 0. The van der Waals surface area contributed by atoms with Crippen LogP contribution in [0.25, 0.3) is 122 Å². The molecule has 0 bridgehead atoms. The van der Waals surface area contributed by atoms with Crippen LogP contribution in [0.3, 0.4) is 0 Å². The van der Waals surface area contributed by atoms with E-state index in [1.54, 1.807) is 6.07 Å². The fraction of sp³-hybridized carbons (Fsp3) is 0.117. The first-order valence-electron chi connectivity index (χ1n) is 28.2. The van der Waals surface area contributed by atoms with E-state index in [0.717, 1.165) is 111 Å². The number of nitrogens with zero attached hydrogens (tertiary/aromatic N) is 4. The van der Waals surface area contributed by atoms with Crippen molar-refractivity contribution in [2.45, 2.75) is 61.6 Å². The monoisotopic (exact) mass is 1090 g/mol. The Balaban J connectivity index is 1.13. The Kier molecular flexibility index (Phi) is 12.9. The second-order valence-corrected chi connectivity index (χ2v) is 22.8. The van der Waals surface area contributed by atoms with Crippen LogP contribution in [0, 0.1) is 78.1 Å². The van der Waals surface area contributed by atoms with Crippen molar-refractivity contribution >= 4 is 43.6 Å². The highest BCUT2D eigenvalue weighted by Gasteiger charge is 2.35. The number of aryl methyl sites for hydroxylation is 8. The largest absolute Gasteiger partial charge is 0.417 e. The smallest absolute Gasteiger partial charge is 0.309 e. The number of benzene rings is 11. The minimum absolute atomic E-state index is 0.0584. The van der Waals surface area contributed by atoms with Gasteiger partial charge in [0.2, 0.25) is 0 Å². The summed E-state index contributed by atoms with van der Waals surface area (Å²) < 4.78 is 50.5. The molecule has 2 aromatic heterocycles. The maximum absolute atomic E-state index is 15.4. The van der Waals surface area contributed by atoms with Crippen LogP contribution in [0.15, 0.2) is 200 Å². The Hall–Kier alpha value is -10.2. The van der Waals surface area contributed by atoms with Crippen LogP contribution in [-0.4, -0.2) is 9.13 Å². The van der Waals surface area contributed by atoms with Crippen LogP contribution in [0.1, 0.15) is 61.2 Å². The summed E-state index contributed by atoms with van der Waals surface area (Å²) in [7, 11) is 0. The lowest BCUT2D eigenvalue weighted by molar-refractivity contribution is -0.137. The van der Waals surface area contributed by atoms with Crippen molar-refractivity contribution in [3.05, 3.63) is 261 Å². The van der Waals surface area contributed by atoms with Crippen molar-refractivity contribution in [3.8, 4) is 90.3 Å². The zero-order valence-electron chi connectivity index (χ0n) is 48.0. The van der Waals surface area contributed by atoms with E-state index < -0.39 is 11.7 Å². The molecule has 2 heterocycles. The molecule has 0 radical (unpaired) electrons. The van der Waals surface area contributed by atoms with Gasteiger partial charge in [-0.3, -0.25) is 0 Å². The van der Waals surface area contributed by atoms with Gasteiger partial charge >= 0.3 is 6.18 Å². The molecule has 0 aliphatic heterocycles. The third kappa shape index (κ3) is 9.10. The van der Waals surface area contributed by atoms with Gasteiger partial charge in [0.1, 0.15) is 0 Å². The molecular formula is C77H57F3N4. The molecule has 11 aromatic carbocycles. The number of fused-ring (bicyclic) bond motifs is 6. The second-order valence-electron chi connectivity index (χ2n) is 22.8. The fourth-order valence-corrected chi connectivity index (χ4v) is 13.0. The fourth-order valence-electron chi connectivity index (χ4n) is 13.0. The first-order chi connectivity index (χ1) is 40.4. The highest BCUT2D eigenvalue weighted by Crippen LogP contribution is 2.47. The van der Waals surface area contributed by atoms with Crippen LogP contribution in [0.2, 0.25) is 0 Å². The molecule has 4 nitrogen and oxygen atoms in total. The van der Waals surface area contributed by atoms with Gasteiger partial charge in [-0.2, -0.15) is 23.7 Å². The average molecular weight is 1100 g/mol. The van der Waals surface area contributed by atoms with Gasteiger partial charge in [0.05, 0.1) is 62.3 Å². The molecule has 406 valence electrons. The van der Waals surface area contributed by atoms with Gasteiger partial charge in [-0.1, -0.05) is 138 Å². The molecule has 0 aliphatic carbocycles. The standard InChI is InChI=1S/C77H57F3N4/c1-44-9-20-59(48(5)31-44)54-16-27-72-66(37-54)67-38-55(60-21-10-45(2)32-49(60)6)17-28-73(67)83(72)71-26-14-52(42-81)35-65(71)64-25-15-58(63-24-13-53(43-82)36-70(63)77(78,79)80)41-76(64)84-74-29-18-56(61-22-11-46(3)33-50(61)7)39-68(74)69-40-57(19-30-75(69)84)62-23-12-47(4)34-51(62)8/h9-41H,1-8H3. The van der Waals surface area contributed by atoms with Crippen LogP contribution in [0.4, 0.5) is 13.2 Å². The Morgan fingerprint density at radius 3 is 0.988 bits per heavy atom. The summed E-state index contributed by atoms with van der Waals surface area (Å²) in [6.07, 6.45) is -4.77. The molecule has 7 heteroatoms. The lowest BCUT2D eigenvalue weighted by Gasteiger charge is -2.21. The highest BCUT2D eigenvalue weighted by atomic mass is 19.4. The maximum Gasteiger partial charge on any atom is 0.417 e. The SMILES string of the molecule is Cc1ccc(-c2ccc3c(c2)c2cc(-c4ccc(C)cc4C)ccc2n3-c2ccc(C#N)cc2-c2ccc(-c3ccc(C#N)cc3C(F)(F)F)cc2-n2c3ccc(-c4ccc(C)cc4C)cc3c3cc(-c4ccc(C)cc4C)ccc32)c(C)c1. The van der Waals surface area contributed by atoms with Gasteiger partial charge in [-0.25, -0.2) is 0 Å². The maximum atomic E-state index is 15.4. The molecule has 13 rings (SSSR count). The minimum Gasteiger partial charge on any atom is -0.309 e. The summed E-state index contributed by atoms with van der Waals surface area (Å²) in [4.78, 5) is 0. The number of hydrogen-bond acceptors (Lipinski definition) is 2. The normalized spacial score (nSPS) is 11.7. The summed E-state index contributed by atoms with van der Waals surface area (Å²) in [6, 6.07) is 71.7. The van der Waals surface area contributed by atoms with Crippen molar-refractivity contribution in [2.75, 3.05) is 0 Å². The molecule has 0 aliphatic rings. The van der Waals surface area contributed by atoms with E-state index in [4.69, 9.17) is 0 Å². The average Bonchev–Trinajstić information content (AvgIpc) is 1.71. The first-order valence-corrected chi connectivity index (χ1v) is 28.2. The molecule has 84 heavy (non-hydrogen) atoms. The lowest BCUT2D eigenvalue weighted by atomic mass is 9.92. The first kappa shape index (κ1) is 53.1. The quantitative estimate of drug-likeness (QED) is 0.152. The van der Waals surface area contributed by atoms with E-state index >= 15 is 13.2 Å². The molecule has 0 saturated carbocycles. The van der Waals surface area contributed by atoms with Crippen LogP contribution < -0.4 is 0 Å². The second kappa shape index (κ2) is 20.3. The van der Waals surface area contributed by atoms with Crippen molar-refractivity contribution in [1.82, 2.24) is 9.13 Å². The van der Waals surface area contributed by atoms with Crippen LogP contribution in [0.5, 0.6) is 0 Å². The van der Waals surface area contributed by atoms with Crippen LogP contribution in [-0.2, 0) is 6.18 Å². The molecule has 0 atom stereocenters. The van der Waals surface area contributed by atoms with E-state index in [1.807, 2.05) is 36.4 Å². The van der Waals surface area contributed by atoms with Gasteiger partial charge in [0, 0.05) is 32.7 Å². The lowest BCUT2D eigenvalue weighted by Crippen LogP contribution is -2.08. The molecular weight excluding hydrogens is 1040 g/mol. The predicted molar refractivity (Wildman–Crippen MR) is 340 cm³/mol. The minimum atomic E-state index is -4.77. The van der Waals surface area contributed by atoms with Gasteiger partial charge in [-0.05, 0) is 218 Å². The van der Waals surface area contributed by atoms with Crippen molar-refractivity contribution < 1.29 is 13.2 Å². The Labute approximate surface area is 487 Å². The predicted octanol–water partition coefficient (Wildman–Crippen LogP) is 21.1. The highest BCUT2D eigenvalue weighted by molar-refractivity contribution is 6.14. The van der Waals surface area contributed by atoms with E-state index in [-0.39, 0.29) is 11.1 Å². The number of hydrogen-bond donors (Lipinski definition) is 0. The number of aromatic nitrogens is 2. The topological polar surface area (TPSA) is 57.4 Å². The zero-order valence-corrected chi connectivity index (χ0v) is 48.0. The van der Waals surface area contributed by atoms with Gasteiger partial charge in [0.15, 0.2) is 0 Å². The van der Waals surface area contributed by atoms with Crippen molar-refractivity contribution in [1.29, 1.82) is 10.5 Å². The molecule has 13 aromatic rings. The Morgan fingerprint density at radius 1 is 0.298 bits per heavy atom. The molecule has 0 amide bonds. The summed E-state index contributed by atoms with van der Waals surface area (Å²) in [5, 5.41) is 24.7. The zero-order chi connectivity index (χ0) is 58.5. The van der Waals surface area contributed by atoms with Gasteiger partial charge in [0.25, 0.3) is 0 Å². The Bertz CT molecular complexity index is 4790. The third-order valence-corrected chi connectivity index (χ3v) is 17.0. The number of halogens is 3. The number of alkyl halides is 3. The molecule has 0 N–H and O–H groups in total. The molecule has 0 spiro atoms. The molecule has 0 fully saturated rings. The van der Waals surface area contributed by atoms with Crippen molar-refractivity contribution in [2.24, 2.45) is 0 Å². The number of nitriles is 2. The molecule has 0 saturated heterocycles. The molecule has 0 unspecified atom stereocenters. The van der Waals surface area contributed by atoms with Crippen molar-refractivity contribution in [3.63, 3.8) is 0 Å². The third-order valence-electron chi connectivity index (χ3n) is 17.0. The summed E-state index contributed by atoms with van der Waals surface area (Å²) in [6.45, 7) is 17.0. The van der Waals surface area contributed by atoms with Crippen LogP contribution >= 0.6 is 0 Å². The number of rotatable bonds is 8. The summed E-state index contributed by atoms with van der Waals surface area (Å²) in [5.41, 5.74) is 24.1. The summed E-state index contributed by atoms with van der Waals surface area (Å²) >= 11 is 0. The van der Waals surface area contributed by atoms with E-state index in [1.165, 1.54) is 45.5 Å². The van der Waals surface area contributed by atoms with Gasteiger partial charge in [-0.15, -0.1) is 0 Å².